The summed E-state index contributed by atoms with van der Waals surface area (Å²) in [6, 6.07) is 0. The van der Waals surface area contributed by atoms with Gasteiger partial charge >= 0.3 is 0 Å². The van der Waals surface area contributed by atoms with Crippen LogP contribution in [0.3, 0.4) is 0 Å². The van der Waals surface area contributed by atoms with E-state index in [1.807, 2.05) is 6.92 Å². The molecule has 58 valence electrons. The molecule has 2 saturated heterocycles. The first-order chi connectivity index (χ1) is 4.70. The number of hydrogen-bond donors (Lipinski definition) is 0. The van der Waals surface area contributed by atoms with Gasteiger partial charge in [0.1, 0.15) is 0 Å². The van der Waals surface area contributed by atoms with Crippen LogP contribution in [-0.2, 0) is 9.47 Å². The molecule has 0 aromatic carbocycles. The molecular formula is C8H14O2. The van der Waals surface area contributed by atoms with Crippen LogP contribution in [0.25, 0.3) is 0 Å². The van der Waals surface area contributed by atoms with Crippen molar-refractivity contribution in [2.75, 3.05) is 0 Å². The van der Waals surface area contributed by atoms with Gasteiger partial charge in [-0.25, -0.2) is 0 Å². The molecule has 2 rings (SSSR count). The summed E-state index contributed by atoms with van der Waals surface area (Å²) in [5.74, 6) is -0.234. The molecule has 3 atom stereocenters. The lowest BCUT2D eigenvalue weighted by Crippen LogP contribution is -2.30. The van der Waals surface area contributed by atoms with Gasteiger partial charge in [-0.3, -0.25) is 0 Å². The smallest absolute Gasteiger partial charge is 0.166 e. The van der Waals surface area contributed by atoms with Gasteiger partial charge in [-0.15, -0.1) is 0 Å². The molecule has 0 aromatic rings. The van der Waals surface area contributed by atoms with Crippen LogP contribution in [0.5, 0.6) is 0 Å². The molecule has 0 saturated carbocycles. The molecule has 2 heteroatoms. The second-order valence-corrected chi connectivity index (χ2v) is 3.51. The fraction of sp³-hybridized carbons (Fsp3) is 1.00. The van der Waals surface area contributed by atoms with Crippen LogP contribution in [0.1, 0.15) is 33.1 Å². The third-order valence-corrected chi connectivity index (χ3v) is 2.48. The molecule has 2 fully saturated rings. The number of ether oxygens (including phenoxy) is 2. The van der Waals surface area contributed by atoms with Gasteiger partial charge in [-0.2, -0.15) is 0 Å². The molecule has 0 unspecified atom stereocenters. The van der Waals surface area contributed by atoms with E-state index in [0.717, 1.165) is 6.42 Å². The normalized spacial score (nSPS) is 53.4. The molecule has 0 aliphatic carbocycles. The zero-order chi connectivity index (χ0) is 7.19. The lowest BCUT2D eigenvalue weighted by Gasteiger charge is -2.26. The molecule has 0 radical (unpaired) electrons. The Bertz CT molecular complexity index is 142. The summed E-state index contributed by atoms with van der Waals surface area (Å²) < 4.78 is 11.3. The van der Waals surface area contributed by atoms with Gasteiger partial charge in [-0.05, 0) is 26.7 Å². The SMILES string of the molecule is C[C@H]1O[C@@]2(C)CCC[C@@H]1O2. The highest BCUT2D eigenvalue weighted by atomic mass is 16.8. The van der Waals surface area contributed by atoms with Crippen LogP contribution >= 0.6 is 0 Å². The number of hydrogen-bond acceptors (Lipinski definition) is 2. The highest BCUT2D eigenvalue weighted by molar-refractivity contribution is 4.85. The zero-order valence-corrected chi connectivity index (χ0v) is 6.59. The summed E-state index contributed by atoms with van der Waals surface area (Å²) in [7, 11) is 0. The van der Waals surface area contributed by atoms with Crippen molar-refractivity contribution in [1.82, 2.24) is 0 Å². The molecule has 2 heterocycles. The Kier molecular flexibility index (Phi) is 1.29. The van der Waals surface area contributed by atoms with Gasteiger partial charge in [0.15, 0.2) is 5.79 Å². The molecule has 2 nitrogen and oxygen atoms in total. The molecule has 10 heavy (non-hydrogen) atoms. The van der Waals surface area contributed by atoms with E-state index in [0.29, 0.717) is 12.2 Å². The van der Waals surface area contributed by atoms with E-state index in [4.69, 9.17) is 9.47 Å². The molecule has 2 bridgehead atoms. The summed E-state index contributed by atoms with van der Waals surface area (Å²) in [6.45, 7) is 4.14. The van der Waals surface area contributed by atoms with Crippen molar-refractivity contribution < 1.29 is 9.47 Å². The molecule has 0 N–H and O–H groups in total. The predicted molar refractivity (Wildman–Crippen MR) is 37.7 cm³/mol. The van der Waals surface area contributed by atoms with Gasteiger partial charge in [0.2, 0.25) is 0 Å². The standard InChI is InChI=1S/C8H14O2/c1-6-7-4-3-5-8(2,9-6)10-7/h6-7H,3-5H2,1-2H3/t6-,7+,8-/m1/s1. The minimum Gasteiger partial charge on any atom is -0.345 e. The van der Waals surface area contributed by atoms with E-state index >= 15 is 0 Å². The number of fused-ring (bicyclic) bond motifs is 2. The van der Waals surface area contributed by atoms with Crippen molar-refractivity contribution in [2.24, 2.45) is 0 Å². The summed E-state index contributed by atoms with van der Waals surface area (Å²) in [6.07, 6.45) is 4.18. The summed E-state index contributed by atoms with van der Waals surface area (Å²) in [5, 5.41) is 0. The Labute approximate surface area is 61.5 Å². The lowest BCUT2D eigenvalue weighted by molar-refractivity contribution is -0.178. The van der Waals surface area contributed by atoms with E-state index in [1.54, 1.807) is 0 Å². The monoisotopic (exact) mass is 142 g/mol. The van der Waals surface area contributed by atoms with Crippen LogP contribution in [0.2, 0.25) is 0 Å². The van der Waals surface area contributed by atoms with E-state index in [9.17, 15) is 0 Å². The summed E-state index contributed by atoms with van der Waals surface area (Å²) in [4.78, 5) is 0. The topological polar surface area (TPSA) is 18.5 Å². The van der Waals surface area contributed by atoms with Gasteiger partial charge in [0, 0.05) is 6.42 Å². The third kappa shape index (κ3) is 0.867. The molecule has 2 aliphatic rings. The zero-order valence-electron chi connectivity index (χ0n) is 6.59. The van der Waals surface area contributed by atoms with Crippen molar-refractivity contribution in [3.05, 3.63) is 0 Å². The Morgan fingerprint density at radius 1 is 1.40 bits per heavy atom. The van der Waals surface area contributed by atoms with Crippen molar-refractivity contribution in [1.29, 1.82) is 0 Å². The fourth-order valence-electron chi connectivity index (χ4n) is 1.95. The van der Waals surface area contributed by atoms with E-state index in [2.05, 4.69) is 6.92 Å². The summed E-state index contributed by atoms with van der Waals surface area (Å²) >= 11 is 0. The van der Waals surface area contributed by atoms with E-state index < -0.39 is 0 Å². The number of rotatable bonds is 0. The van der Waals surface area contributed by atoms with Crippen molar-refractivity contribution in [3.63, 3.8) is 0 Å². The molecule has 2 aliphatic heterocycles. The minimum absolute atomic E-state index is 0.234. The van der Waals surface area contributed by atoms with Crippen LogP contribution in [0, 0.1) is 0 Å². The third-order valence-electron chi connectivity index (χ3n) is 2.48. The first-order valence-corrected chi connectivity index (χ1v) is 4.05. The quantitative estimate of drug-likeness (QED) is 0.512. The largest absolute Gasteiger partial charge is 0.345 e. The Balaban J connectivity index is 2.16. The van der Waals surface area contributed by atoms with Crippen LogP contribution in [0.15, 0.2) is 0 Å². The fourth-order valence-corrected chi connectivity index (χ4v) is 1.95. The average Bonchev–Trinajstić information content (AvgIpc) is 2.03. The van der Waals surface area contributed by atoms with Crippen molar-refractivity contribution >= 4 is 0 Å². The minimum atomic E-state index is -0.234. The second kappa shape index (κ2) is 1.95. The average molecular weight is 142 g/mol. The maximum Gasteiger partial charge on any atom is 0.166 e. The molecule has 0 aromatic heterocycles. The van der Waals surface area contributed by atoms with Gasteiger partial charge in [0.05, 0.1) is 12.2 Å². The second-order valence-electron chi connectivity index (χ2n) is 3.51. The predicted octanol–water partition coefficient (Wildman–Crippen LogP) is 1.69. The Morgan fingerprint density at radius 3 is 2.80 bits per heavy atom. The lowest BCUT2D eigenvalue weighted by atomic mass is 10.0. The first kappa shape index (κ1) is 6.62. The highest BCUT2D eigenvalue weighted by Gasteiger charge is 2.44. The molecule has 0 spiro atoms. The molecular weight excluding hydrogens is 128 g/mol. The van der Waals surface area contributed by atoms with E-state index in [1.165, 1.54) is 12.8 Å². The van der Waals surface area contributed by atoms with Crippen LogP contribution in [-0.4, -0.2) is 18.0 Å². The van der Waals surface area contributed by atoms with Crippen LogP contribution in [0.4, 0.5) is 0 Å². The van der Waals surface area contributed by atoms with Gasteiger partial charge < -0.3 is 9.47 Å². The Hall–Kier alpha value is -0.0800. The maximum absolute atomic E-state index is 5.67. The summed E-state index contributed by atoms with van der Waals surface area (Å²) in [5.41, 5.74) is 0. The van der Waals surface area contributed by atoms with E-state index in [-0.39, 0.29) is 5.79 Å². The van der Waals surface area contributed by atoms with Crippen LogP contribution < -0.4 is 0 Å². The van der Waals surface area contributed by atoms with Gasteiger partial charge in [0.25, 0.3) is 0 Å². The highest BCUT2D eigenvalue weighted by Crippen LogP contribution is 2.39. The van der Waals surface area contributed by atoms with Crippen molar-refractivity contribution in [2.45, 2.75) is 51.1 Å². The maximum atomic E-state index is 5.67. The Morgan fingerprint density at radius 2 is 2.20 bits per heavy atom. The van der Waals surface area contributed by atoms with Gasteiger partial charge in [-0.1, -0.05) is 0 Å². The first-order valence-electron chi connectivity index (χ1n) is 4.05. The molecule has 0 amide bonds. The van der Waals surface area contributed by atoms with Crippen molar-refractivity contribution in [3.8, 4) is 0 Å².